The van der Waals surface area contributed by atoms with Crippen molar-refractivity contribution in [2.45, 2.75) is 39.5 Å². The van der Waals surface area contributed by atoms with Crippen molar-refractivity contribution in [3.63, 3.8) is 0 Å². The Labute approximate surface area is 116 Å². The summed E-state index contributed by atoms with van der Waals surface area (Å²) in [6, 6.07) is 15.0. The van der Waals surface area contributed by atoms with Crippen LogP contribution >= 0.6 is 0 Å². The molecule has 1 heteroatoms. The molecular formula is C18H23N. The fourth-order valence-corrected chi connectivity index (χ4v) is 2.35. The quantitative estimate of drug-likeness (QED) is 0.749. The summed E-state index contributed by atoms with van der Waals surface area (Å²) in [7, 11) is 0. The molecule has 2 aromatic carbocycles. The normalized spacial score (nSPS) is 11.3. The van der Waals surface area contributed by atoms with Crippen LogP contribution in [0.25, 0.3) is 11.1 Å². The van der Waals surface area contributed by atoms with Gasteiger partial charge >= 0.3 is 0 Å². The van der Waals surface area contributed by atoms with Crippen LogP contribution in [0.1, 0.15) is 50.7 Å². The summed E-state index contributed by atoms with van der Waals surface area (Å²) in [6.07, 6.45) is 0. The summed E-state index contributed by atoms with van der Waals surface area (Å²) in [5.74, 6) is 1.07. The van der Waals surface area contributed by atoms with Crippen LogP contribution in [-0.2, 0) is 0 Å². The molecule has 0 amide bonds. The van der Waals surface area contributed by atoms with E-state index in [0.29, 0.717) is 11.8 Å². The van der Waals surface area contributed by atoms with Crippen molar-refractivity contribution in [1.82, 2.24) is 0 Å². The van der Waals surface area contributed by atoms with Crippen LogP contribution in [0.15, 0.2) is 42.5 Å². The number of benzene rings is 2. The fraction of sp³-hybridized carbons (Fsp3) is 0.333. The summed E-state index contributed by atoms with van der Waals surface area (Å²) in [6.45, 7) is 8.95. The minimum atomic E-state index is 0.522. The van der Waals surface area contributed by atoms with Crippen LogP contribution in [0.4, 0.5) is 5.69 Å². The molecule has 0 aliphatic heterocycles. The van der Waals surface area contributed by atoms with Crippen molar-refractivity contribution < 1.29 is 0 Å². The lowest BCUT2D eigenvalue weighted by Gasteiger charge is -2.16. The zero-order chi connectivity index (χ0) is 14.0. The zero-order valence-corrected chi connectivity index (χ0v) is 12.3. The number of rotatable bonds is 3. The van der Waals surface area contributed by atoms with Crippen molar-refractivity contribution in [2.24, 2.45) is 0 Å². The molecule has 0 atom stereocenters. The van der Waals surface area contributed by atoms with E-state index >= 15 is 0 Å². The molecule has 0 radical (unpaired) electrons. The number of nitrogen functional groups attached to an aromatic ring is 1. The van der Waals surface area contributed by atoms with Gasteiger partial charge in [0.25, 0.3) is 0 Å². The van der Waals surface area contributed by atoms with E-state index in [4.69, 9.17) is 5.73 Å². The Bertz CT molecular complexity index is 550. The summed E-state index contributed by atoms with van der Waals surface area (Å²) >= 11 is 0. The molecule has 0 aromatic heterocycles. The van der Waals surface area contributed by atoms with Gasteiger partial charge in [-0.05, 0) is 46.2 Å². The number of anilines is 1. The molecule has 0 fully saturated rings. The van der Waals surface area contributed by atoms with Gasteiger partial charge in [0.15, 0.2) is 0 Å². The molecule has 0 saturated carbocycles. The highest BCUT2D eigenvalue weighted by Crippen LogP contribution is 2.32. The molecule has 0 saturated heterocycles. The second kappa shape index (κ2) is 5.48. The smallest absolute Gasteiger partial charge is 0.0314 e. The lowest BCUT2D eigenvalue weighted by molar-refractivity contribution is 0.847. The Balaban J connectivity index is 2.57. The molecule has 0 heterocycles. The molecule has 0 aliphatic rings. The first-order valence-corrected chi connectivity index (χ1v) is 6.98. The average molecular weight is 253 g/mol. The highest BCUT2D eigenvalue weighted by molar-refractivity contribution is 5.70. The highest BCUT2D eigenvalue weighted by Gasteiger charge is 2.11. The van der Waals surface area contributed by atoms with Crippen molar-refractivity contribution in [3.8, 4) is 11.1 Å². The molecule has 1 nitrogen and oxygen atoms in total. The number of hydrogen-bond donors (Lipinski definition) is 1. The van der Waals surface area contributed by atoms with Gasteiger partial charge in [-0.3, -0.25) is 0 Å². The van der Waals surface area contributed by atoms with Crippen LogP contribution < -0.4 is 5.73 Å². The third kappa shape index (κ3) is 2.98. The number of nitrogens with two attached hydrogens (primary N) is 1. The predicted octanol–water partition coefficient (Wildman–Crippen LogP) is 5.18. The molecule has 19 heavy (non-hydrogen) atoms. The first-order chi connectivity index (χ1) is 8.99. The van der Waals surface area contributed by atoms with E-state index in [-0.39, 0.29) is 0 Å². The molecule has 2 N–H and O–H groups in total. The monoisotopic (exact) mass is 253 g/mol. The third-order valence-corrected chi connectivity index (χ3v) is 3.59. The Hall–Kier alpha value is -1.76. The van der Waals surface area contributed by atoms with Crippen LogP contribution in [0.2, 0.25) is 0 Å². The van der Waals surface area contributed by atoms with Crippen LogP contribution in [0.3, 0.4) is 0 Å². The topological polar surface area (TPSA) is 26.0 Å². The van der Waals surface area contributed by atoms with E-state index in [2.05, 4.69) is 58.0 Å². The molecular weight excluding hydrogens is 230 g/mol. The van der Waals surface area contributed by atoms with Crippen LogP contribution in [-0.4, -0.2) is 0 Å². The third-order valence-electron chi connectivity index (χ3n) is 3.59. The molecule has 0 spiro atoms. The molecule has 0 unspecified atom stereocenters. The van der Waals surface area contributed by atoms with Gasteiger partial charge in [0.2, 0.25) is 0 Å². The highest BCUT2D eigenvalue weighted by atomic mass is 14.5. The predicted molar refractivity (Wildman–Crippen MR) is 84.5 cm³/mol. The van der Waals surface area contributed by atoms with E-state index in [1.165, 1.54) is 22.3 Å². The van der Waals surface area contributed by atoms with Gasteiger partial charge in [-0.1, -0.05) is 58.0 Å². The minimum absolute atomic E-state index is 0.522. The first-order valence-electron chi connectivity index (χ1n) is 6.98. The maximum absolute atomic E-state index is 5.78. The summed E-state index contributed by atoms with van der Waals surface area (Å²) < 4.78 is 0. The van der Waals surface area contributed by atoms with Crippen molar-refractivity contribution >= 4 is 5.69 Å². The van der Waals surface area contributed by atoms with E-state index in [9.17, 15) is 0 Å². The van der Waals surface area contributed by atoms with Gasteiger partial charge < -0.3 is 5.73 Å². The van der Waals surface area contributed by atoms with Gasteiger partial charge in [0, 0.05) is 5.69 Å². The van der Waals surface area contributed by atoms with E-state index in [0.717, 1.165) is 5.69 Å². The van der Waals surface area contributed by atoms with Gasteiger partial charge in [-0.25, -0.2) is 0 Å². The maximum Gasteiger partial charge on any atom is 0.0314 e. The molecule has 2 aromatic rings. The Morgan fingerprint density at radius 2 is 1.42 bits per heavy atom. The van der Waals surface area contributed by atoms with E-state index in [1.807, 2.05) is 12.1 Å². The van der Waals surface area contributed by atoms with Crippen molar-refractivity contribution in [3.05, 3.63) is 53.6 Å². The van der Waals surface area contributed by atoms with Gasteiger partial charge in [0.1, 0.15) is 0 Å². The minimum Gasteiger partial charge on any atom is -0.399 e. The SMILES string of the molecule is CC(C)c1ccc(C(C)C)c(-c2ccc(N)cc2)c1. The Morgan fingerprint density at radius 3 is 1.95 bits per heavy atom. The van der Waals surface area contributed by atoms with Crippen molar-refractivity contribution in [2.75, 3.05) is 5.73 Å². The Kier molecular flexibility index (Phi) is 3.94. The second-order valence-corrected chi connectivity index (χ2v) is 5.78. The standard InChI is InChI=1S/C18H23N/c1-12(2)15-7-10-17(13(3)4)18(11-15)14-5-8-16(19)9-6-14/h5-13H,19H2,1-4H3. The van der Waals surface area contributed by atoms with E-state index in [1.54, 1.807) is 0 Å². The average Bonchev–Trinajstić information content (AvgIpc) is 2.38. The maximum atomic E-state index is 5.78. The van der Waals surface area contributed by atoms with Crippen LogP contribution in [0.5, 0.6) is 0 Å². The zero-order valence-electron chi connectivity index (χ0n) is 12.3. The lowest BCUT2D eigenvalue weighted by atomic mass is 9.89. The molecule has 0 bridgehead atoms. The largest absolute Gasteiger partial charge is 0.399 e. The van der Waals surface area contributed by atoms with Gasteiger partial charge in [0.05, 0.1) is 0 Å². The van der Waals surface area contributed by atoms with E-state index < -0.39 is 0 Å². The summed E-state index contributed by atoms with van der Waals surface area (Å²) in [5.41, 5.74) is 12.0. The molecule has 2 rings (SSSR count). The summed E-state index contributed by atoms with van der Waals surface area (Å²) in [5, 5.41) is 0. The fourth-order valence-electron chi connectivity index (χ4n) is 2.35. The molecule has 100 valence electrons. The van der Waals surface area contributed by atoms with Crippen LogP contribution in [0, 0.1) is 0 Å². The van der Waals surface area contributed by atoms with Crippen molar-refractivity contribution in [1.29, 1.82) is 0 Å². The number of hydrogen-bond acceptors (Lipinski definition) is 1. The lowest BCUT2D eigenvalue weighted by Crippen LogP contribution is -1.96. The first kappa shape index (κ1) is 13.7. The van der Waals surface area contributed by atoms with Gasteiger partial charge in [-0.15, -0.1) is 0 Å². The second-order valence-electron chi connectivity index (χ2n) is 5.78. The molecule has 0 aliphatic carbocycles. The summed E-state index contributed by atoms with van der Waals surface area (Å²) in [4.78, 5) is 0. The van der Waals surface area contributed by atoms with Gasteiger partial charge in [-0.2, -0.15) is 0 Å². The Morgan fingerprint density at radius 1 is 0.789 bits per heavy atom.